The second-order valence-electron chi connectivity index (χ2n) is 3.89. The van der Waals surface area contributed by atoms with E-state index in [1.165, 1.54) is 11.3 Å². The molecule has 90 valence electrons. The van der Waals surface area contributed by atoms with Crippen molar-refractivity contribution in [2.75, 3.05) is 27.2 Å². The van der Waals surface area contributed by atoms with E-state index in [9.17, 15) is 0 Å². The number of hydrogen-bond donors (Lipinski definition) is 0. The molecule has 2 rings (SSSR count). The van der Waals surface area contributed by atoms with Crippen molar-refractivity contribution in [2.45, 2.75) is 0 Å². The van der Waals surface area contributed by atoms with Gasteiger partial charge < -0.3 is 9.64 Å². The molecule has 0 aromatic carbocycles. The van der Waals surface area contributed by atoms with Gasteiger partial charge in [-0.25, -0.2) is 4.98 Å². The Morgan fingerprint density at radius 1 is 1.29 bits per heavy atom. The minimum atomic E-state index is 0.663. The van der Waals surface area contributed by atoms with Gasteiger partial charge in [0.2, 0.25) is 0 Å². The second-order valence-corrected chi connectivity index (χ2v) is 4.71. The zero-order chi connectivity index (χ0) is 12.1. The standard InChI is InChI=1S/C12H15N3OS/c1-15(2)7-8-16-12-14-11(9-17-12)10-3-5-13-6-4-10/h3-6,9H,7-8H2,1-2H3. The number of rotatable bonds is 5. The van der Waals surface area contributed by atoms with Crippen LogP contribution >= 0.6 is 11.3 Å². The number of ether oxygens (including phenoxy) is 1. The van der Waals surface area contributed by atoms with Crippen molar-refractivity contribution in [1.29, 1.82) is 0 Å². The molecule has 0 bridgehead atoms. The molecule has 0 unspecified atom stereocenters. The molecule has 2 heterocycles. The quantitative estimate of drug-likeness (QED) is 0.814. The van der Waals surface area contributed by atoms with Gasteiger partial charge in [0.15, 0.2) is 0 Å². The highest BCUT2D eigenvalue weighted by Gasteiger charge is 2.04. The average molecular weight is 249 g/mol. The zero-order valence-electron chi connectivity index (χ0n) is 9.96. The summed E-state index contributed by atoms with van der Waals surface area (Å²) < 4.78 is 5.57. The van der Waals surface area contributed by atoms with E-state index in [4.69, 9.17) is 4.74 Å². The van der Waals surface area contributed by atoms with Crippen molar-refractivity contribution in [1.82, 2.24) is 14.9 Å². The lowest BCUT2D eigenvalue weighted by molar-refractivity contribution is 0.260. The summed E-state index contributed by atoms with van der Waals surface area (Å²) in [5, 5.41) is 2.72. The molecule has 0 atom stereocenters. The first-order valence-electron chi connectivity index (χ1n) is 5.39. The number of hydrogen-bond acceptors (Lipinski definition) is 5. The molecule has 17 heavy (non-hydrogen) atoms. The molecule has 0 fully saturated rings. The summed E-state index contributed by atoms with van der Waals surface area (Å²) in [5.41, 5.74) is 2.01. The molecule has 2 aromatic rings. The van der Waals surface area contributed by atoms with Crippen molar-refractivity contribution in [3.8, 4) is 16.5 Å². The topological polar surface area (TPSA) is 38.2 Å². The Labute approximate surface area is 105 Å². The number of likely N-dealkylation sites (N-methyl/N-ethyl adjacent to an activating group) is 1. The molecule has 2 aromatic heterocycles. The Kier molecular flexibility index (Phi) is 4.06. The monoisotopic (exact) mass is 249 g/mol. The number of aromatic nitrogens is 2. The second kappa shape index (κ2) is 5.75. The normalized spacial score (nSPS) is 10.8. The molecule has 0 saturated carbocycles. The minimum Gasteiger partial charge on any atom is -0.469 e. The van der Waals surface area contributed by atoms with E-state index in [-0.39, 0.29) is 0 Å². The summed E-state index contributed by atoms with van der Waals surface area (Å²) >= 11 is 1.52. The lowest BCUT2D eigenvalue weighted by atomic mass is 10.2. The molecule has 4 nitrogen and oxygen atoms in total. The van der Waals surface area contributed by atoms with Gasteiger partial charge in [-0.05, 0) is 26.2 Å². The van der Waals surface area contributed by atoms with E-state index >= 15 is 0 Å². The highest BCUT2D eigenvalue weighted by atomic mass is 32.1. The van der Waals surface area contributed by atoms with Crippen LogP contribution in [0.15, 0.2) is 29.9 Å². The Morgan fingerprint density at radius 2 is 2.06 bits per heavy atom. The number of pyridine rings is 1. The Hall–Kier alpha value is -1.46. The van der Waals surface area contributed by atoms with Crippen LogP contribution in [0.1, 0.15) is 0 Å². The smallest absolute Gasteiger partial charge is 0.273 e. The van der Waals surface area contributed by atoms with Crippen LogP contribution < -0.4 is 4.74 Å². The van der Waals surface area contributed by atoms with Crippen molar-refractivity contribution in [3.05, 3.63) is 29.9 Å². The fourth-order valence-electron chi connectivity index (χ4n) is 1.29. The molecule has 0 saturated heterocycles. The van der Waals surface area contributed by atoms with E-state index in [0.717, 1.165) is 23.0 Å². The third-order valence-electron chi connectivity index (χ3n) is 2.22. The Balaban J connectivity index is 1.97. The summed E-state index contributed by atoms with van der Waals surface area (Å²) in [6.45, 7) is 1.56. The van der Waals surface area contributed by atoms with Gasteiger partial charge in [-0.3, -0.25) is 4.98 Å². The summed E-state index contributed by atoms with van der Waals surface area (Å²) in [6, 6.07) is 3.89. The molecular formula is C12H15N3OS. The first-order valence-corrected chi connectivity index (χ1v) is 6.27. The van der Waals surface area contributed by atoms with Crippen molar-refractivity contribution < 1.29 is 4.74 Å². The SMILES string of the molecule is CN(C)CCOc1nc(-c2ccncc2)cs1. The molecule has 0 spiro atoms. The maximum absolute atomic E-state index is 5.57. The lowest BCUT2D eigenvalue weighted by Crippen LogP contribution is -2.19. The van der Waals surface area contributed by atoms with Crippen molar-refractivity contribution in [3.63, 3.8) is 0 Å². The maximum Gasteiger partial charge on any atom is 0.273 e. The number of nitrogens with zero attached hydrogens (tertiary/aromatic N) is 3. The lowest BCUT2D eigenvalue weighted by Gasteiger charge is -2.08. The molecule has 0 radical (unpaired) electrons. The first kappa shape index (κ1) is 12.0. The summed E-state index contributed by atoms with van der Waals surface area (Å²) in [4.78, 5) is 10.5. The Bertz CT molecular complexity index is 456. The Morgan fingerprint density at radius 3 is 2.76 bits per heavy atom. The number of thiazole rings is 1. The maximum atomic E-state index is 5.57. The van der Waals surface area contributed by atoms with Crippen LogP contribution in [0.5, 0.6) is 5.19 Å². The summed E-state index contributed by atoms with van der Waals surface area (Å²) in [6.07, 6.45) is 3.53. The highest BCUT2D eigenvalue weighted by molar-refractivity contribution is 7.11. The van der Waals surface area contributed by atoms with Crippen LogP contribution in [0.3, 0.4) is 0 Å². The van der Waals surface area contributed by atoms with E-state index in [0.29, 0.717) is 6.61 Å². The summed E-state index contributed by atoms with van der Waals surface area (Å²) in [5.74, 6) is 0. The van der Waals surface area contributed by atoms with Gasteiger partial charge in [0.05, 0.1) is 5.69 Å². The molecule has 0 N–H and O–H groups in total. The molecule has 0 amide bonds. The van der Waals surface area contributed by atoms with E-state index in [1.54, 1.807) is 12.4 Å². The van der Waals surface area contributed by atoms with E-state index in [2.05, 4.69) is 14.9 Å². The van der Waals surface area contributed by atoms with E-state index in [1.807, 2.05) is 31.6 Å². The molecule has 0 aliphatic rings. The molecule has 0 aliphatic carbocycles. The molecular weight excluding hydrogens is 234 g/mol. The fraction of sp³-hybridized carbons (Fsp3) is 0.333. The predicted octanol–water partition coefficient (Wildman–Crippen LogP) is 2.15. The van der Waals surface area contributed by atoms with Gasteiger partial charge in [-0.1, -0.05) is 11.3 Å². The van der Waals surface area contributed by atoms with Crippen molar-refractivity contribution >= 4 is 11.3 Å². The van der Waals surface area contributed by atoms with Gasteiger partial charge in [-0.15, -0.1) is 0 Å². The minimum absolute atomic E-state index is 0.663. The highest BCUT2D eigenvalue weighted by Crippen LogP contribution is 2.25. The van der Waals surface area contributed by atoms with Crippen LogP contribution in [0.25, 0.3) is 11.3 Å². The van der Waals surface area contributed by atoms with Gasteiger partial charge in [0.25, 0.3) is 5.19 Å². The third kappa shape index (κ3) is 3.51. The molecule has 0 aliphatic heterocycles. The zero-order valence-corrected chi connectivity index (χ0v) is 10.8. The first-order chi connectivity index (χ1) is 8.25. The van der Waals surface area contributed by atoms with E-state index < -0.39 is 0 Å². The van der Waals surface area contributed by atoms with Crippen LogP contribution in [-0.4, -0.2) is 42.1 Å². The van der Waals surface area contributed by atoms with Crippen LogP contribution in [0, 0.1) is 0 Å². The van der Waals surface area contributed by atoms with Crippen LogP contribution in [0.2, 0.25) is 0 Å². The van der Waals surface area contributed by atoms with Crippen LogP contribution in [-0.2, 0) is 0 Å². The largest absolute Gasteiger partial charge is 0.469 e. The van der Waals surface area contributed by atoms with Gasteiger partial charge in [-0.2, -0.15) is 0 Å². The van der Waals surface area contributed by atoms with Gasteiger partial charge in [0, 0.05) is 29.9 Å². The fourth-order valence-corrected chi connectivity index (χ4v) is 2.00. The third-order valence-corrected chi connectivity index (χ3v) is 2.98. The summed E-state index contributed by atoms with van der Waals surface area (Å²) in [7, 11) is 4.04. The molecule has 5 heteroatoms. The average Bonchev–Trinajstić information content (AvgIpc) is 2.78. The van der Waals surface area contributed by atoms with Gasteiger partial charge >= 0.3 is 0 Å². The van der Waals surface area contributed by atoms with Gasteiger partial charge in [0.1, 0.15) is 6.61 Å². The van der Waals surface area contributed by atoms with Crippen LogP contribution in [0.4, 0.5) is 0 Å². The predicted molar refractivity (Wildman–Crippen MR) is 69.4 cm³/mol. The van der Waals surface area contributed by atoms with Crippen molar-refractivity contribution in [2.24, 2.45) is 0 Å².